The fourth-order valence-electron chi connectivity index (χ4n) is 5.46. The number of nitrogens with zero attached hydrogens (tertiary/aromatic N) is 2. The summed E-state index contributed by atoms with van der Waals surface area (Å²) in [7, 11) is -2.29. The summed E-state index contributed by atoms with van der Waals surface area (Å²) >= 11 is 0. The number of aromatic nitrogens is 1. The Labute approximate surface area is 275 Å². The van der Waals surface area contributed by atoms with Gasteiger partial charge in [0.1, 0.15) is 5.82 Å². The van der Waals surface area contributed by atoms with Gasteiger partial charge < -0.3 is 25.0 Å². The van der Waals surface area contributed by atoms with Gasteiger partial charge in [-0.2, -0.15) is 0 Å². The number of rotatable bonds is 11. The molecule has 3 N–H and O–H groups in total. The van der Waals surface area contributed by atoms with E-state index in [2.05, 4.69) is 25.2 Å². The maximum absolute atomic E-state index is 13.7. The largest absolute Gasteiger partial charge is 0.492 e. The van der Waals surface area contributed by atoms with Gasteiger partial charge >= 0.3 is 0 Å². The maximum Gasteiger partial charge on any atom is 0.296 e. The number of hydrogen-bond donors (Lipinski definition) is 3. The van der Waals surface area contributed by atoms with Crippen LogP contribution in [0.2, 0.25) is 0 Å². The average molecular weight is 660 g/mol. The van der Waals surface area contributed by atoms with E-state index in [1.807, 2.05) is 51.1 Å². The van der Waals surface area contributed by atoms with Gasteiger partial charge in [-0.25, -0.2) is 13.4 Å². The molecule has 1 fully saturated rings. The Kier molecular flexibility index (Phi) is 10.0. The quantitative estimate of drug-likeness (QED) is 0.129. The van der Waals surface area contributed by atoms with Crippen molar-refractivity contribution in [3.8, 4) is 5.75 Å². The number of ether oxygens (including phenoxy) is 2. The van der Waals surface area contributed by atoms with E-state index in [-0.39, 0.29) is 28.4 Å². The lowest BCUT2D eigenvalue weighted by atomic mass is 9.86. The third kappa shape index (κ3) is 7.83. The average Bonchev–Trinajstić information content (AvgIpc) is 3.04. The van der Waals surface area contributed by atoms with E-state index < -0.39 is 27.1 Å². The number of pyridine rings is 1. The molecule has 11 nitrogen and oxygen atoms in total. The molecule has 248 valence electrons. The number of methoxy groups -OCH3 is 1. The molecule has 5 rings (SSSR count). The summed E-state index contributed by atoms with van der Waals surface area (Å²) in [5.74, 6) is -0.755. The van der Waals surface area contributed by atoms with Crippen LogP contribution in [-0.4, -0.2) is 64.3 Å². The molecule has 1 aromatic heterocycles. The topological polar surface area (TPSA) is 139 Å². The lowest BCUT2D eigenvalue weighted by molar-refractivity contribution is -0.112. The molecule has 47 heavy (non-hydrogen) atoms. The Morgan fingerprint density at radius 2 is 1.66 bits per heavy atom. The van der Waals surface area contributed by atoms with E-state index in [0.29, 0.717) is 25.0 Å². The van der Waals surface area contributed by atoms with Crippen molar-refractivity contribution >= 4 is 61.1 Å². The number of Topliss-reactive ketones (excluding diaryl/α,β-unsaturated/α-hetero) is 1. The molecular formula is C35H41N5O6S. The minimum absolute atomic E-state index is 0.0792. The van der Waals surface area contributed by atoms with Crippen LogP contribution in [0.1, 0.15) is 50.0 Å². The number of amides is 1. The number of morpholine rings is 1. The highest BCUT2D eigenvalue weighted by atomic mass is 32.2. The number of hydrogen-bond acceptors (Lipinski definition) is 9. The zero-order valence-electron chi connectivity index (χ0n) is 27.3. The smallest absolute Gasteiger partial charge is 0.296 e. The number of nitrogens with one attached hydrogen (secondary N) is 3. The first-order chi connectivity index (χ1) is 22.4. The van der Waals surface area contributed by atoms with Gasteiger partial charge in [0.2, 0.25) is 10.0 Å². The second kappa shape index (κ2) is 14.0. The van der Waals surface area contributed by atoms with Crippen LogP contribution in [0.25, 0.3) is 10.8 Å². The summed E-state index contributed by atoms with van der Waals surface area (Å²) < 4.78 is 39.0. The van der Waals surface area contributed by atoms with Crippen molar-refractivity contribution in [2.75, 3.05) is 59.4 Å². The lowest BCUT2D eigenvalue weighted by Crippen LogP contribution is -2.36. The molecule has 1 aliphatic rings. The second-order valence-corrected chi connectivity index (χ2v) is 14.2. The van der Waals surface area contributed by atoms with Crippen molar-refractivity contribution in [3.63, 3.8) is 0 Å². The molecule has 0 spiro atoms. The minimum atomic E-state index is -3.67. The Morgan fingerprint density at radius 3 is 2.34 bits per heavy atom. The standard InChI is InChI=1S/C35H41N5O6S/c1-6-19-47(43,44)39-30-21-23(35(2,3)4)20-29(33(30)45-5)38-34(42)32(41)27-11-12-28(26-10-8-7-9-25(26)27)37-24-13-14-36-31(22-24)40-15-17-46-18-16-40/h7-14,20-22,39H,6,15-19H2,1-5H3,(H,36,37)(H,38,42). The van der Waals surface area contributed by atoms with Crippen molar-refractivity contribution < 1.29 is 27.5 Å². The van der Waals surface area contributed by atoms with Crippen molar-refractivity contribution in [2.24, 2.45) is 0 Å². The van der Waals surface area contributed by atoms with E-state index in [9.17, 15) is 18.0 Å². The lowest BCUT2D eigenvalue weighted by Gasteiger charge is -2.28. The van der Waals surface area contributed by atoms with Crippen LogP contribution >= 0.6 is 0 Å². The highest BCUT2D eigenvalue weighted by molar-refractivity contribution is 7.92. The predicted octanol–water partition coefficient (Wildman–Crippen LogP) is 6.09. The first kappa shape index (κ1) is 33.7. The molecule has 1 aliphatic heterocycles. The molecule has 0 unspecified atom stereocenters. The fourth-order valence-corrected chi connectivity index (χ4v) is 6.59. The van der Waals surface area contributed by atoms with Crippen LogP contribution in [0.3, 0.4) is 0 Å². The Morgan fingerprint density at radius 1 is 0.957 bits per heavy atom. The number of ketones is 1. The van der Waals surface area contributed by atoms with Crippen LogP contribution in [-0.2, 0) is 25.0 Å². The maximum atomic E-state index is 13.7. The molecule has 0 atom stereocenters. The highest BCUT2D eigenvalue weighted by Gasteiger charge is 2.26. The van der Waals surface area contributed by atoms with Gasteiger partial charge in [-0.15, -0.1) is 0 Å². The third-order valence-electron chi connectivity index (χ3n) is 7.88. The van der Waals surface area contributed by atoms with Gasteiger partial charge in [-0.05, 0) is 53.1 Å². The summed E-state index contributed by atoms with van der Waals surface area (Å²) in [6.07, 6.45) is 2.18. The van der Waals surface area contributed by atoms with Gasteiger partial charge in [0.05, 0.1) is 37.5 Å². The third-order valence-corrected chi connectivity index (χ3v) is 9.36. The number of carbonyl (C=O) groups is 2. The van der Waals surface area contributed by atoms with Crippen LogP contribution in [0, 0.1) is 0 Å². The van der Waals surface area contributed by atoms with Crippen LogP contribution in [0.5, 0.6) is 5.75 Å². The molecule has 3 aromatic carbocycles. The monoisotopic (exact) mass is 659 g/mol. The molecule has 0 radical (unpaired) electrons. The minimum Gasteiger partial charge on any atom is -0.492 e. The summed E-state index contributed by atoms with van der Waals surface area (Å²) in [6.45, 7) is 10.5. The summed E-state index contributed by atoms with van der Waals surface area (Å²) in [6, 6.07) is 18.0. The molecule has 4 aromatic rings. The summed E-state index contributed by atoms with van der Waals surface area (Å²) in [4.78, 5) is 34.0. The zero-order valence-corrected chi connectivity index (χ0v) is 28.2. The first-order valence-corrected chi connectivity index (χ1v) is 17.2. The number of fused-ring (bicyclic) bond motifs is 1. The number of benzene rings is 3. The zero-order chi connectivity index (χ0) is 33.8. The molecule has 0 aliphatic carbocycles. The Hall–Kier alpha value is -4.68. The molecule has 2 heterocycles. The molecule has 0 bridgehead atoms. The summed E-state index contributed by atoms with van der Waals surface area (Å²) in [5, 5.41) is 7.51. The number of sulfonamides is 1. The van der Waals surface area contributed by atoms with Gasteiger partial charge in [0.25, 0.3) is 11.7 Å². The SMILES string of the molecule is CCCS(=O)(=O)Nc1cc(C(C)(C)C)cc(NC(=O)C(=O)c2ccc(Nc3ccnc(N4CCOCC4)c3)c3ccccc23)c1OC. The highest BCUT2D eigenvalue weighted by Crippen LogP contribution is 2.39. The van der Waals surface area contributed by atoms with Crippen molar-refractivity contribution in [3.05, 3.63) is 78.0 Å². The molecule has 0 saturated carbocycles. The molecular weight excluding hydrogens is 618 g/mol. The van der Waals surface area contributed by atoms with Crippen LogP contribution < -0.4 is 25.0 Å². The number of carbonyl (C=O) groups excluding carboxylic acids is 2. The summed E-state index contributed by atoms with van der Waals surface area (Å²) in [5.41, 5.74) is 2.53. The van der Waals surface area contributed by atoms with E-state index >= 15 is 0 Å². The molecule has 12 heteroatoms. The first-order valence-electron chi connectivity index (χ1n) is 15.6. The van der Waals surface area contributed by atoms with Gasteiger partial charge in [0, 0.05) is 47.7 Å². The van der Waals surface area contributed by atoms with Crippen molar-refractivity contribution in [1.29, 1.82) is 0 Å². The van der Waals surface area contributed by atoms with E-state index in [1.165, 1.54) is 7.11 Å². The Balaban J connectivity index is 1.45. The van der Waals surface area contributed by atoms with Crippen molar-refractivity contribution in [2.45, 2.75) is 39.5 Å². The van der Waals surface area contributed by atoms with E-state index in [4.69, 9.17) is 9.47 Å². The predicted molar refractivity (Wildman–Crippen MR) is 187 cm³/mol. The second-order valence-electron chi connectivity index (χ2n) is 12.4. The van der Waals surface area contributed by atoms with E-state index in [1.54, 1.807) is 43.5 Å². The van der Waals surface area contributed by atoms with Gasteiger partial charge in [0.15, 0.2) is 5.75 Å². The van der Waals surface area contributed by atoms with Gasteiger partial charge in [-0.1, -0.05) is 52.0 Å². The van der Waals surface area contributed by atoms with Crippen LogP contribution in [0.15, 0.2) is 66.9 Å². The Bertz CT molecular complexity index is 1900. The van der Waals surface area contributed by atoms with Crippen LogP contribution in [0.4, 0.5) is 28.6 Å². The van der Waals surface area contributed by atoms with E-state index in [0.717, 1.165) is 41.2 Å². The number of anilines is 5. The molecule has 1 saturated heterocycles. The van der Waals surface area contributed by atoms with Gasteiger partial charge in [-0.3, -0.25) is 14.3 Å². The van der Waals surface area contributed by atoms with Crippen molar-refractivity contribution in [1.82, 2.24) is 4.98 Å². The normalized spacial score (nSPS) is 13.7. The molecule has 1 amide bonds. The fraction of sp³-hybridized carbons (Fsp3) is 0.343.